The molecular weight excluding hydrogens is 248 g/mol. The lowest BCUT2D eigenvalue weighted by Crippen LogP contribution is -2.64. The molecule has 0 aliphatic carbocycles. The molecule has 1 aromatic heterocycles. The molecule has 19 heavy (non-hydrogen) atoms. The zero-order valence-electron chi connectivity index (χ0n) is 11.5. The highest BCUT2D eigenvalue weighted by Crippen LogP contribution is 2.28. The van der Waals surface area contributed by atoms with Gasteiger partial charge in [0.2, 0.25) is 0 Å². The van der Waals surface area contributed by atoms with Crippen molar-refractivity contribution >= 4 is 5.82 Å². The van der Waals surface area contributed by atoms with Crippen molar-refractivity contribution in [3.8, 4) is 0 Å². The number of aryl methyl sites for hydroxylation is 1. The van der Waals surface area contributed by atoms with Crippen LogP contribution in [-0.4, -0.2) is 49.7 Å². The molecule has 7 heteroatoms. The van der Waals surface area contributed by atoms with Crippen LogP contribution < -0.4 is 0 Å². The maximum atomic E-state index is 10.8. The van der Waals surface area contributed by atoms with Gasteiger partial charge in [0.05, 0.1) is 5.60 Å². The third-order valence-electron chi connectivity index (χ3n) is 3.93. The quantitative estimate of drug-likeness (QED) is 0.631. The van der Waals surface area contributed by atoms with Crippen molar-refractivity contribution in [3.05, 3.63) is 22.1 Å². The fourth-order valence-corrected chi connectivity index (χ4v) is 2.37. The Labute approximate surface area is 112 Å². The Bertz CT molecular complexity index is 477. The highest BCUT2D eigenvalue weighted by Gasteiger charge is 2.43. The van der Waals surface area contributed by atoms with E-state index in [-0.39, 0.29) is 11.7 Å². The van der Waals surface area contributed by atoms with Gasteiger partial charge in [0.25, 0.3) is 0 Å². The molecule has 106 valence electrons. The van der Waals surface area contributed by atoms with Crippen LogP contribution in [0.1, 0.15) is 19.7 Å². The fraction of sp³-hybridized carbons (Fsp3) is 0.750. The first kappa shape index (κ1) is 14.0. The third kappa shape index (κ3) is 2.62. The Hall–Kier alpha value is -1.47. The van der Waals surface area contributed by atoms with Crippen LogP contribution in [0.5, 0.6) is 0 Å². The second-order valence-electron chi connectivity index (χ2n) is 5.54. The topological polar surface area (TPSA) is 84.4 Å². The second-order valence-corrected chi connectivity index (χ2v) is 5.54. The molecule has 0 radical (unpaired) electrons. The van der Waals surface area contributed by atoms with Crippen LogP contribution in [0.3, 0.4) is 0 Å². The van der Waals surface area contributed by atoms with E-state index in [0.29, 0.717) is 32.0 Å². The maximum absolute atomic E-state index is 10.8. The molecule has 1 aliphatic heterocycles. The number of imidazole rings is 1. The molecule has 1 aromatic rings. The van der Waals surface area contributed by atoms with Crippen molar-refractivity contribution in [2.45, 2.75) is 32.9 Å². The molecular formula is C12H20N4O3. The minimum Gasteiger partial charge on any atom is -0.387 e. The van der Waals surface area contributed by atoms with Gasteiger partial charge in [-0.1, -0.05) is 13.8 Å². The molecule has 0 saturated carbocycles. The molecule has 0 amide bonds. The summed E-state index contributed by atoms with van der Waals surface area (Å²) in [6.07, 6.45) is 1.29. The van der Waals surface area contributed by atoms with Crippen molar-refractivity contribution in [2.24, 2.45) is 5.92 Å². The number of aromatic nitrogens is 2. The monoisotopic (exact) mass is 268 g/mol. The summed E-state index contributed by atoms with van der Waals surface area (Å²) < 4.78 is 1.60. The van der Waals surface area contributed by atoms with E-state index in [1.54, 1.807) is 11.5 Å². The highest BCUT2D eigenvalue weighted by molar-refractivity contribution is 5.18. The number of rotatable bonds is 5. The molecule has 1 fully saturated rings. The van der Waals surface area contributed by atoms with E-state index in [1.165, 1.54) is 6.20 Å². The van der Waals surface area contributed by atoms with Gasteiger partial charge in [-0.25, -0.2) is 9.55 Å². The largest absolute Gasteiger partial charge is 0.387 e. The molecule has 0 bridgehead atoms. The normalized spacial score (nSPS) is 18.6. The van der Waals surface area contributed by atoms with Crippen LogP contribution in [0.15, 0.2) is 6.20 Å². The minimum atomic E-state index is -0.601. The second kappa shape index (κ2) is 4.90. The molecule has 2 rings (SSSR count). The van der Waals surface area contributed by atoms with E-state index in [1.807, 2.05) is 13.8 Å². The van der Waals surface area contributed by atoms with Gasteiger partial charge in [0, 0.05) is 26.6 Å². The first-order valence-electron chi connectivity index (χ1n) is 6.45. The minimum absolute atomic E-state index is 0.0251. The van der Waals surface area contributed by atoms with Gasteiger partial charge in [-0.05, 0) is 10.8 Å². The van der Waals surface area contributed by atoms with Gasteiger partial charge in [-0.2, -0.15) is 0 Å². The summed E-state index contributed by atoms with van der Waals surface area (Å²) in [7, 11) is 0. The van der Waals surface area contributed by atoms with Crippen LogP contribution in [0, 0.1) is 23.0 Å². The number of hydrogen-bond donors (Lipinski definition) is 1. The summed E-state index contributed by atoms with van der Waals surface area (Å²) in [6.45, 7) is 8.24. The van der Waals surface area contributed by atoms with Gasteiger partial charge in [0.15, 0.2) is 5.82 Å². The Kier molecular flexibility index (Phi) is 3.60. The predicted molar refractivity (Wildman–Crippen MR) is 69.8 cm³/mol. The standard InChI is InChI=1S/C12H20N4O3/c1-9(2)12(17)7-14(8-12)4-5-15-10(3)13-6-11(15)16(18)19/h6,9,17H,4-5,7-8H2,1-3H3. The lowest BCUT2D eigenvalue weighted by molar-refractivity contribution is -0.392. The molecule has 1 N–H and O–H groups in total. The summed E-state index contributed by atoms with van der Waals surface area (Å²) >= 11 is 0. The molecule has 0 atom stereocenters. The number of nitro groups is 1. The summed E-state index contributed by atoms with van der Waals surface area (Å²) in [5, 5.41) is 21.0. The number of likely N-dealkylation sites (tertiary alicyclic amines) is 1. The summed E-state index contributed by atoms with van der Waals surface area (Å²) in [5.74, 6) is 0.900. The van der Waals surface area contributed by atoms with Crippen molar-refractivity contribution in [2.75, 3.05) is 19.6 Å². The average Bonchev–Trinajstić information content (AvgIpc) is 2.64. The van der Waals surface area contributed by atoms with Crippen molar-refractivity contribution in [1.82, 2.24) is 14.5 Å². The Balaban J connectivity index is 1.91. The van der Waals surface area contributed by atoms with Gasteiger partial charge in [-0.15, -0.1) is 0 Å². The number of nitrogens with zero attached hydrogens (tertiary/aromatic N) is 4. The van der Waals surface area contributed by atoms with Gasteiger partial charge in [0.1, 0.15) is 12.7 Å². The zero-order valence-corrected chi connectivity index (χ0v) is 11.5. The lowest BCUT2D eigenvalue weighted by atomic mass is 9.83. The first-order chi connectivity index (χ1) is 8.83. The first-order valence-corrected chi connectivity index (χ1v) is 6.45. The number of aliphatic hydroxyl groups is 1. The van der Waals surface area contributed by atoms with Crippen molar-refractivity contribution in [3.63, 3.8) is 0 Å². The third-order valence-corrected chi connectivity index (χ3v) is 3.93. The van der Waals surface area contributed by atoms with E-state index in [0.717, 1.165) is 0 Å². The predicted octanol–water partition coefficient (Wildman–Crippen LogP) is 0.802. The fourth-order valence-electron chi connectivity index (χ4n) is 2.37. The van der Waals surface area contributed by atoms with Gasteiger partial charge in [-0.3, -0.25) is 4.90 Å². The number of β-amino-alcohol motifs (C(OH)–C–C–N with tert-alkyl or cyclic N) is 1. The Morgan fingerprint density at radius 3 is 2.68 bits per heavy atom. The molecule has 2 heterocycles. The van der Waals surface area contributed by atoms with Crippen molar-refractivity contribution < 1.29 is 10.0 Å². The van der Waals surface area contributed by atoms with E-state index in [4.69, 9.17) is 0 Å². The molecule has 0 spiro atoms. The molecule has 0 unspecified atom stereocenters. The highest BCUT2D eigenvalue weighted by atomic mass is 16.6. The van der Waals surface area contributed by atoms with Crippen LogP contribution >= 0.6 is 0 Å². The van der Waals surface area contributed by atoms with E-state index >= 15 is 0 Å². The maximum Gasteiger partial charge on any atom is 0.342 e. The van der Waals surface area contributed by atoms with Crippen LogP contribution in [0.4, 0.5) is 5.82 Å². The SMILES string of the molecule is Cc1ncc([N+](=O)[O-])n1CCN1CC(O)(C(C)C)C1. The Morgan fingerprint density at radius 2 is 2.16 bits per heavy atom. The lowest BCUT2D eigenvalue weighted by Gasteiger charge is -2.49. The van der Waals surface area contributed by atoms with E-state index in [9.17, 15) is 15.2 Å². The number of hydrogen-bond acceptors (Lipinski definition) is 5. The summed E-state index contributed by atoms with van der Waals surface area (Å²) in [5.41, 5.74) is -0.601. The van der Waals surface area contributed by atoms with Crippen molar-refractivity contribution in [1.29, 1.82) is 0 Å². The average molecular weight is 268 g/mol. The summed E-state index contributed by atoms with van der Waals surface area (Å²) in [4.78, 5) is 16.5. The van der Waals surface area contributed by atoms with Crippen LogP contribution in [-0.2, 0) is 6.54 Å². The molecule has 1 saturated heterocycles. The molecule has 7 nitrogen and oxygen atoms in total. The molecule has 0 aromatic carbocycles. The smallest absolute Gasteiger partial charge is 0.342 e. The van der Waals surface area contributed by atoms with E-state index < -0.39 is 10.5 Å². The van der Waals surface area contributed by atoms with Gasteiger partial charge < -0.3 is 15.2 Å². The Morgan fingerprint density at radius 1 is 1.53 bits per heavy atom. The summed E-state index contributed by atoms with van der Waals surface area (Å²) in [6, 6.07) is 0. The van der Waals surface area contributed by atoms with E-state index in [2.05, 4.69) is 9.88 Å². The van der Waals surface area contributed by atoms with Gasteiger partial charge >= 0.3 is 5.82 Å². The zero-order chi connectivity index (χ0) is 14.2. The van der Waals surface area contributed by atoms with Crippen LogP contribution in [0.2, 0.25) is 0 Å². The molecule has 1 aliphatic rings. The van der Waals surface area contributed by atoms with Crippen LogP contribution in [0.25, 0.3) is 0 Å².